The summed E-state index contributed by atoms with van der Waals surface area (Å²) in [4.78, 5) is 24.0. The summed E-state index contributed by atoms with van der Waals surface area (Å²) in [6, 6.07) is 9.56. The fourth-order valence-corrected chi connectivity index (χ4v) is 3.91. The number of ketones is 1. The standard InChI is InChI=1S/C28H38N2O3/c1-6-26-25(19-24(30(26)5)11-8-12-27(31)32)28(33)22-13-15-23(16-14-22)29-18-17-21(4)10-7-9-20(2)3/h9,13-17,19,29H,6-8,10-12,18H2,1-5H3,(H,31,32)/b21-17+. The normalized spacial score (nSPS) is 11.4. The lowest BCUT2D eigenvalue weighted by atomic mass is 10.0. The minimum Gasteiger partial charge on any atom is -0.481 e. The fourth-order valence-electron chi connectivity index (χ4n) is 3.91. The number of carbonyl (C=O) groups is 2. The Morgan fingerprint density at radius 3 is 2.36 bits per heavy atom. The van der Waals surface area contributed by atoms with Crippen LogP contribution in [-0.4, -0.2) is 28.0 Å². The molecule has 0 saturated carbocycles. The number of nitrogens with zero attached hydrogens (tertiary/aromatic N) is 1. The number of hydrogen-bond acceptors (Lipinski definition) is 3. The van der Waals surface area contributed by atoms with Crippen LogP contribution in [0.3, 0.4) is 0 Å². The van der Waals surface area contributed by atoms with Crippen LogP contribution in [0, 0.1) is 0 Å². The second-order valence-corrected chi connectivity index (χ2v) is 8.81. The van der Waals surface area contributed by atoms with Crippen molar-refractivity contribution in [3.8, 4) is 0 Å². The molecule has 0 radical (unpaired) electrons. The Balaban J connectivity index is 2.02. The summed E-state index contributed by atoms with van der Waals surface area (Å²) in [5.74, 6) is -0.784. The van der Waals surface area contributed by atoms with E-state index in [1.165, 1.54) is 11.1 Å². The summed E-state index contributed by atoms with van der Waals surface area (Å²) in [6.07, 6.45) is 8.69. The van der Waals surface area contributed by atoms with Gasteiger partial charge in [0.15, 0.2) is 5.78 Å². The van der Waals surface area contributed by atoms with Gasteiger partial charge in [0.2, 0.25) is 0 Å². The summed E-state index contributed by atoms with van der Waals surface area (Å²) in [5.41, 5.74) is 7.06. The van der Waals surface area contributed by atoms with E-state index >= 15 is 0 Å². The molecule has 0 aliphatic heterocycles. The fraction of sp³-hybridized carbons (Fsp3) is 0.429. The van der Waals surface area contributed by atoms with E-state index in [1.807, 2.05) is 48.9 Å². The molecule has 2 aromatic rings. The van der Waals surface area contributed by atoms with E-state index in [9.17, 15) is 9.59 Å². The van der Waals surface area contributed by atoms with Crippen LogP contribution < -0.4 is 5.32 Å². The van der Waals surface area contributed by atoms with Gasteiger partial charge in [-0.05, 0) is 83.2 Å². The van der Waals surface area contributed by atoms with Gasteiger partial charge in [-0.2, -0.15) is 0 Å². The topological polar surface area (TPSA) is 71.3 Å². The largest absolute Gasteiger partial charge is 0.481 e. The number of carboxylic acid groups (broad SMARTS) is 1. The van der Waals surface area contributed by atoms with Crippen LogP contribution in [-0.2, 0) is 24.7 Å². The lowest BCUT2D eigenvalue weighted by molar-refractivity contribution is -0.137. The molecule has 0 fully saturated rings. The van der Waals surface area contributed by atoms with Crippen molar-refractivity contribution in [1.82, 2.24) is 4.57 Å². The first kappa shape index (κ1) is 26.2. The molecule has 0 atom stereocenters. The number of aliphatic carboxylic acids is 1. The Hall–Kier alpha value is -3.08. The molecule has 5 nitrogen and oxygen atoms in total. The van der Waals surface area contributed by atoms with Gasteiger partial charge in [0.1, 0.15) is 0 Å². The van der Waals surface area contributed by atoms with Crippen molar-refractivity contribution in [2.24, 2.45) is 7.05 Å². The molecule has 1 aromatic heterocycles. The van der Waals surface area contributed by atoms with Gasteiger partial charge in [0, 0.05) is 48.2 Å². The highest BCUT2D eigenvalue weighted by Crippen LogP contribution is 2.22. The molecule has 178 valence electrons. The Labute approximate surface area is 198 Å². The summed E-state index contributed by atoms with van der Waals surface area (Å²) in [7, 11) is 1.95. The predicted octanol–water partition coefficient (Wildman–Crippen LogP) is 6.33. The van der Waals surface area contributed by atoms with Crippen LogP contribution in [0.5, 0.6) is 0 Å². The van der Waals surface area contributed by atoms with E-state index in [0.29, 0.717) is 24.0 Å². The highest BCUT2D eigenvalue weighted by Gasteiger charge is 2.19. The Morgan fingerprint density at radius 1 is 1.06 bits per heavy atom. The van der Waals surface area contributed by atoms with Crippen LogP contribution in [0.2, 0.25) is 0 Å². The van der Waals surface area contributed by atoms with E-state index in [-0.39, 0.29) is 12.2 Å². The van der Waals surface area contributed by atoms with Gasteiger partial charge in [-0.1, -0.05) is 30.2 Å². The highest BCUT2D eigenvalue weighted by molar-refractivity contribution is 6.10. The van der Waals surface area contributed by atoms with E-state index in [4.69, 9.17) is 5.11 Å². The average molecular weight is 451 g/mol. The molecule has 0 amide bonds. The SMILES string of the molecule is CCc1c(C(=O)c2ccc(NC/C=C(\C)CCC=C(C)C)cc2)cc(CCCC(=O)O)n1C. The zero-order chi connectivity index (χ0) is 24.4. The molecule has 1 heterocycles. The van der Waals surface area contributed by atoms with E-state index in [0.717, 1.165) is 42.9 Å². The van der Waals surface area contributed by atoms with Gasteiger partial charge in [0.05, 0.1) is 0 Å². The number of aromatic nitrogens is 1. The van der Waals surface area contributed by atoms with Crippen molar-refractivity contribution in [2.75, 3.05) is 11.9 Å². The smallest absolute Gasteiger partial charge is 0.303 e. The monoisotopic (exact) mass is 450 g/mol. The van der Waals surface area contributed by atoms with Crippen molar-refractivity contribution in [3.05, 3.63) is 76.1 Å². The second kappa shape index (κ2) is 12.8. The molecule has 1 aromatic carbocycles. The minimum atomic E-state index is -0.792. The molecule has 2 N–H and O–H groups in total. The van der Waals surface area contributed by atoms with Crippen molar-refractivity contribution >= 4 is 17.4 Å². The first-order valence-electron chi connectivity index (χ1n) is 11.8. The quantitative estimate of drug-likeness (QED) is 0.276. The number of rotatable bonds is 13. The second-order valence-electron chi connectivity index (χ2n) is 8.81. The summed E-state index contributed by atoms with van der Waals surface area (Å²) in [5, 5.41) is 12.3. The first-order valence-corrected chi connectivity index (χ1v) is 11.8. The zero-order valence-corrected chi connectivity index (χ0v) is 20.7. The third-order valence-electron chi connectivity index (χ3n) is 5.86. The average Bonchev–Trinajstić information content (AvgIpc) is 3.08. The van der Waals surface area contributed by atoms with Gasteiger partial charge < -0.3 is 15.0 Å². The first-order chi connectivity index (χ1) is 15.7. The molecule has 0 unspecified atom stereocenters. The molecule has 5 heteroatoms. The van der Waals surface area contributed by atoms with Crippen molar-refractivity contribution < 1.29 is 14.7 Å². The third-order valence-corrected chi connectivity index (χ3v) is 5.86. The molecule has 0 saturated heterocycles. The summed E-state index contributed by atoms with van der Waals surface area (Å²) >= 11 is 0. The molecule has 2 rings (SSSR count). The van der Waals surface area contributed by atoms with Crippen molar-refractivity contribution in [1.29, 1.82) is 0 Å². The van der Waals surface area contributed by atoms with Gasteiger partial charge in [-0.3, -0.25) is 9.59 Å². The van der Waals surface area contributed by atoms with Gasteiger partial charge in [-0.15, -0.1) is 0 Å². The van der Waals surface area contributed by atoms with Crippen LogP contribution in [0.1, 0.15) is 80.7 Å². The number of nitrogens with one attached hydrogen (secondary N) is 1. The zero-order valence-electron chi connectivity index (χ0n) is 20.7. The van der Waals surface area contributed by atoms with Crippen molar-refractivity contribution in [3.63, 3.8) is 0 Å². The number of carboxylic acids is 1. The summed E-state index contributed by atoms with van der Waals surface area (Å²) in [6.45, 7) is 9.19. The number of anilines is 1. The van der Waals surface area contributed by atoms with Gasteiger partial charge in [0.25, 0.3) is 0 Å². The van der Waals surface area contributed by atoms with Gasteiger partial charge >= 0.3 is 5.97 Å². The summed E-state index contributed by atoms with van der Waals surface area (Å²) < 4.78 is 2.04. The Morgan fingerprint density at radius 2 is 1.76 bits per heavy atom. The van der Waals surface area contributed by atoms with Gasteiger partial charge in [-0.25, -0.2) is 0 Å². The maximum absolute atomic E-state index is 13.2. The third kappa shape index (κ3) is 8.08. The number of allylic oxidation sites excluding steroid dienone is 3. The molecular weight excluding hydrogens is 412 g/mol. The maximum atomic E-state index is 13.2. The molecule has 33 heavy (non-hydrogen) atoms. The van der Waals surface area contributed by atoms with Crippen LogP contribution in [0.15, 0.2) is 53.6 Å². The predicted molar refractivity (Wildman–Crippen MR) is 136 cm³/mol. The van der Waals surface area contributed by atoms with Crippen LogP contribution >= 0.6 is 0 Å². The van der Waals surface area contributed by atoms with E-state index < -0.39 is 5.97 Å². The Bertz CT molecular complexity index is 1010. The lowest BCUT2D eigenvalue weighted by Crippen LogP contribution is -2.07. The molecular formula is C28H38N2O3. The molecule has 0 spiro atoms. The molecule has 0 bridgehead atoms. The lowest BCUT2D eigenvalue weighted by Gasteiger charge is -2.08. The number of aryl methyl sites for hydroxylation is 1. The molecule has 0 aliphatic carbocycles. The van der Waals surface area contributed by atoms with Crippen molar-refractivity contribution in [2.45, 2.75) is 66.2 Å². The minimum absolute atomic E-state index is 0.00787. The van der Waals surface area contributed by atoms with Crippen LogP contribution in [0.25, 0.3) is 0 Å². The Kier molecular flexibility index (Phi) is 10.2. The van der Waals surface area contributed by atoms with E-state index in [2.05, 4.69) is 38.2 Å². The number of benzene rings is 1. The maximum Gasteiger partial charge on any atom is 0.303 e. The molecule has 0 aliphatic rings. The number of carbonyl (C=O) groups excluding carboxylic acids is 1. The highest BCUT2D eigenvalue weighted by atomic mass is 16.4. The van der Waals surface area contributed by atoms with Crippen LogP contribution in [0.4, 0.5) is 5.69 Å². The van der Waals surface area contributed by atoms with E-state index in [1.54, 1.807) is 0 Å². The number of hydrogen-bond donors (Lipinski definition) is 2.